The summed E-state index contributed by atoms with van der Waals surface area (Å²) in [5, 5.41) is 10.1. The van der Waals surface area contributed by atoms with Gasteiger partial charge in [0.1, 0.15) is 5.75 Å². The van der Waals surface area contributed by atoms with E-state index in [-0.39, 0.29) is 6.04 Å². The molecule has 1 aliphatic rings. The van der Waals surface area contributed by atoms with E-state index in [2.05, 4.69) is 4.90 Å². The fourth-order valence-corrected chi connectivity index (χ4v) is 2.17. The standard InChI is InChI=1S/C12H17NO2/c1-13(2)11-6-8-4-5-9(15-3)7-10(8)12(11)14/h4-5,7,11-12,14H,6H2,1-3H3. The Bertz CT molecular complexity index is 363. The van der Waals surface area contributed by atoms with Gasteiger partial charge in [-0.1, -0.05) is 6.07 Å². The van der Waals surface area contributed by atoms with Gasteiger partial charge in [-0.15, -0.1) is 0 Å². The highest BCUT2D eigenvalue weighted by Gasteiger charge is 2.32. The fourth-order valence-electron chi connectivity index (χ4n) is 2.17. The highest BCUT2D eigenvalue weighted by atomic mass is 16.5. The minimum absolute atomic E-state index is 0.187. The molecule has 0 heterocycles. The van der Waals surface area contributed by atoms with Crippen LogP contribution in [0.5, 0.6) is 5.75 Å². The summed E-state index contributed by atoms with van der Waals surface area (Å²) in [6.07, 6.45) is 0.512. The molecule has 2 unspecified atom stereocenters. The molecule has 1 aromatic carbocycles. The van der Waals surface area contributed by atoms with E-state index in [0.29, 0.717) is 0 Å². The number of hydrogen-bond donors (Lipinski definition) is 1. The molecule has 0 aromatic heterocycles. The molecular formula is C12H17NO2. The summed E-state index contributed by atoms with van der Waals surface area (Å²) in [6, 6.07) is 6.11. The number of rotatable bonds is 2. The van der Waals surface area contributed by atoms with Crippen molar-refractivity contribution in [2.75, 3.05) is 21.2 Å². The molecule has 0 spiro atoms. The number of hydrogen-bond acceptors (Lipinski definition) is 3. The first-order valence-corrected chi connectivity index (χ1v) is 5.15. The molecule has 0 aliphatic heterocycles. The van der Waals surface area contributed by atoms with Crippen LogP contribution in [0.1, 0.15) is 17.2 Å². The third kappa shape index (κ3) is 1.73. The SMILES string of the molecule is COc1ccc2c(c1)C(O)C(N(C)C)C2. The summed E-state index contributed by atoms with van der Waals surface area (Å²) in [6.45, 7) is 0. The van der Waals surface area contributed by atoms with E-state index in [1.165, 1.54) is 5.56 Å². The van der Waals surface area contributed by atoms with Gasteiger partial charge in [0.2, 0.25) is 0 Å². The Kier molecular flexibility index (Phi) is 2.67. The first-order chi connectivity index (χ1) is 7.13. The zero-order chi connectivity index (χ0) is 11.0. The number of methoxy groups -OCH3 is 1. The van der Waals surface area contributed by atoms with Crippen molar-refractivity contribution in [1.82, 2.24) is 4.90 Å². The van der Waals surface area contributed by atoms with Crippen molar-refractivity contribution in [2.24, 2.45) is 0 Å². The molecule has 2 atom stereocenters. The van der Waals surface area contributed by atoms with Gasteiger partial charge in [0.05, 0.1) is 13.2 Å². The molecule has 82 valence electrons. The molecule has 0 amide bonds. The number of aliphatic hydroxyl groups is 1. The lowest BCUT2D eigenvalue weighted by Gasteiger charge is -2.22. The van der Waals surface area contributed by atoms with E-state index in [1.807, 2.05) is 32.3 Å². The summed E-state index contributed by atoms with van der Waals surface area (Å²) in [5.74, 6) is 0.812. The number of ether oxygens (including phenoxy) is 1. The van der Waals surface area contributed by atoms with Crippen molar-refractivity contribution in [3.05, 3.63) is 29.3 Å². The normalized spacial score (nSPS) is 24.3. The molecule has 3 nitrogen and oxygen atoms in total. The van der Waals surface area contributed by atoms with Crippen LogP contribution in [0, 0.1) is 0 Å². The van der Waals surface area contributed by atoms with Gasteiger partial charge in [-0.25, -0.2) is 0 Å². The average molecular weight is 207 g/mol. The quantitative estimate of drug-likeness (QED) is 0.791. The Labute approximate surface area is 90.3 Å². The highest BCUT2D eigenvalue weighted by molar-refractivity contribution is 5.41. The molecule has 0 saturated carbocycles. The van der Waals surface area contributed by atoms with E-state index in [0.717, 1.165) is 17.7 Å². The van der Waals surface area contributed by atoms with Gasteiger partial charge in [-0.2, -0.15) is 0 Å². The average Bonchev–Trinajstić information content (AvgIpc) is 2.56. The van der Waals surface area contributed by atoms with Gasteiger partial charge in [-0.05, 0) is 43.8 Å². The van der Waals surface area contributed by atoms with E-state index in [1.54, 1.807) is 7.11 Å². The van der Waals surface area contributed by atoms with Crippen LogP contribution in [0.2, 0.25) is 0 Å². The van der Waals surface area contributed by atoms with E-state index in [9.17, 15) is 5.11 Å². The topological polar surface area (TPSA) is 32.7 Å². The number of nitrogens with zero attached hydrogens (tertiary/aromatic N) is 1. The second-order valence-corrected chi connectivity index (χ2v) is 4.24. The number of fused-ring (bicyclic) bond motifs is 1. The van der Waals surface area contributed by atoms with Gasteiger partial charge in [0.15, 0.2) is 0 Å². The number of aliphatic hydroxyl groups excluding tert-OH is 1. The minimum atomic E-state index is -0.398. The molecule has 0 radical (unpaired) electrons. The van der Waals surface area contributed by atoms with Crippen LogP contribution in [0.4, 0.5) is 0 Å². The molecule has 0 bridgehead atoms. The highest BCUT2D eigenvalue weighted by Crippen LogP contribution is 2.35. The summed E-state index contributed by atoms with van der Waals surface area (Å²) in [4.78, 5) is 2.07. The second kappa shape index (κ2) is 3.83. The van der Waals surface area contributed by atoms with Gasteiger partial charge in [0.25, 0.3) is 0 Å². The predicted octanol–water partition coefficient (Wildman–Crippen LogP) is 1.21. The Hall–Kier alpha value is -1.06. The molecule has 1 N–H and O–H groups in total. The summed E-state index contributed by atoms with van der Waals surface area (Å²) in [5.41, 5.74) is 2.23. The van der Waals surface area contributed by atoms with Gasteiger partial charge >= 0.3 is 0 Å². The monoisotopic (exact) mass is 207 g/mol. The summed E-state index contributed by atoms with van der Waals surface area (Å²) in [7, 11) is 5.64. The Balaban J connectivity index is 2.33. The molecule has 1 aliphatic carbocycles. The van der Waals surface area contributed by atoms with Crippen molar-refractivity contribution in [2.45, 2.75) is 18.6 Å². The first kappa shape index (κ1) is 10.5. The summed E-state index contributed by atoms with van der Waals surface area (Å²) >= 11 is 0. The van der Waals surface area contributed by atoms with Crippen LogP contribution >= 0.6 is 0 Å². The second-order valence-electron chi connectivity index (χ2n) is 4.24. The fraction of sp³-hybridized carbons (Fsp3) is 0.500. The van der Waals surface area contributed by atoms with Gasteiger partial charge < -0.3 is 14.7 Å². The molecule has 3 heteroatoms. The third-order valence-electron chi connectivity index (χ3n) is 3.13. The smallest absolute Gasteiger partial charge is 0.119 e. The minimum Gasteiger partial charge on any atom is -0.497 e. The molecule has 0 saturated heterocycles. The molecule has 0 fully saturated rings. The van der Waals surface area contributed by atoms with Crippen LogP contribution in [-0.4, -0.2) is 37.3 Å². The Morgan fingerprint density at radius 3 is 2.73 bits per heavy atom. The molecule has 2 rings (SSSR count). The van der Waals surface area contributed by atoms with Crippen LogP contribution in [0.3, 0.4) is 0 Å². The lowest BCUT2D eigenvalue weighted by molar-refractivity contribution is 0.0898. The Morgan fingerprint density at radius 1 is 1.40 bits per heavy atom. The predicted molar refractivity (Wildman–Crippen MR) is 59.1 cm³/mol. The van der Waals surface area contributed by atoms with Crippen molar-refractivity contribution < 1.29 is 9.84 Å². The molecule has 15 heavy (non-hydrogen) atoms. The van der Waals surface area contributed by atoms with Gasteiger partial charge in [0, 0.05) is 6.04 Å². The maximum absolute atomic E-state index is 10.1. The zero-order valence-electron chi connectivity index (χ0n) is 9.40. The van der Waals surface area contributed by atoms with Gasteiger partial charge in [-0.3, -0.25) is 0 Å². The lowest BCUT2D eigenvalue weighted by Crippen LogP contribution is -2.31. The number of benzene rings is 1. The maximum atomic E-state index is 10.1. The molecule has 1 aromatic rings. The summed E-state index contributed by atoms with van der Waals surface area (Å²) < 4.78 is 5.16. The first-order valence-electron chi connectivity index (χ1n) is 5.15. The Morgan fingerprint density at radius 2 is 2.13 bits per heavy atom. The number of likely N-dealkylation sites (N-methyl/N-ethyl adjacent to an activating group) is 1. The zero-order valence-corrected chi connectivity index (χ0v) is 9.40. The van der Waals surface area contributed by atoms with Crippen molar-refractivity contribution in [3.63, 3.8) is 0 Å². The lowest BCUT2D eigenvalue weighted by atomic mass is 10.1. The van der Waals surface area contributed by atoms with E-state index < -0.39 is 6.10 Å². The largest absolute Gasteiger partial charge is 0.497 e. The van der Waals surface area contributed by atoms with Crippen LogP contribution in [-0.2, 0) is 6.42 Å². The van der Waals surface area contributed by atoms with E-state index >= 15 is 0 Å². The van der Waals surface area contributed by atoms with E-state index in [4.69, 9.17) is 4.74 Å². The third-order valence-corrected chi connectivity index (χ3v) is 3.13. The van der Waals surface area contributed by atoms with Crippen molar-refractivity contribution in [3.8, 4) is 5.75 Å². The van der Waals surface area contributed by atoms with Crippen molar-refractivity contribution in [1.29, 1.82) is 0 Å². The van der Waals surface area contributed by atoms with Crippen LogP contribution in [0.15, 0.2) is 18.2 Å². The van der Waals surface area contributed by atoms with Crippen LogP contribution in [0.25, 0.3) is 0 Å². The molecular weight excluding hydrogens is 190 g/mol. The maximum Gasteiger partial charge on any atom is 0.119 e. The van der Waals surface area contributed by atoms with Crippen molar-refractivity contribution >= 4 is 0 Å². The van der Waals surface area contributed by atoms with Crippen LogP contribution < -0.4 is 4.74 Å².